The first-order valence-corrected chi connectivity index (χ1v) is 18.1. The van der Waals surface area contributed by atoms with Gasteiger partial charge in [0.2, 0.25) is 5.40 Å². The van der Waals surface area contributed by atoms with Gasteiger partial charge in [0.05, 0.1) is 0 Å². The normalized spacial score (nSPS) is 11.2. The van der Waals surface area contributed by atoms with Crippen molar-refractivity contribution in [3.63, 3.8) is 0 Å². The first-order chi connectivity index (χ1) is 17.9. The summed E-state index contributed by atoms with van der Waals surface area (Å²) in [5.41, 5.74) is 0. The van der Waals surface area contributed by atoms with Crippen LogP contribution in [0, 0.1) is 0 Å². The maximum atomic E-state index is 14.3. The molecule has 0 heterocycles. The molecule has 11 heteroatoms. The number of rotatable bonds is 10. The summed E-state index contributed by atoms with van der Waals surface area (Å²) in [5, 5.41) is -1.29. The van der Waals surface area contributed by atoms with E-state index in [0.717, 1.165) is 0 Å². The second-order valence-corrected chi connectivity index (χ2v) is 14.6. The summed E-state index contributed by atoms with van der Waals surface area (Å²) in [4.78, 5) is 0. The Morgan fingerprint density at radius 3 is 0.892 bits per heavy atom. The van der Waals surface area contributed by atoms with E-state index in [0.29, 0.717) is 23.0 Å². The third kappa shape index (κ3) is 8.94. The Morgan fingerprint density at radius 2 is 0.703 bits per heavy atom. The van der Waals surface area contributed by atoms with Gasteiger partial charge in [-0.15, -0.1) is 0 Å². The molecule has 0 bridgehead atoms. The van der Waals surface area contributed by atoms with E-state index in [1.165, 1.54) is 6.92 Å². The van der Waals surface area contributed by atoms with Crippen LogP contribution in [0.5, 0.6) is 23.0 Å². The van der Waals surface area contributed by atoms with Crippen LogP contribution >= 0.6 is 34.2 Å². The van der Waals surface area contributed by atoms with Crippen molar-refractivity contribution in [1.29, 1.82) is 0 Å². The molecule has 0 amide bonds. The summed E-state index contributed by atoms with van der Waals surface area (Å²) < 4.78 is 52.2. The molecule has 0 saturated carbocycles. The van der Waals surface area contributed by atoms with E-state index in [4.69, 9.17) is 37.2 Å². The number of hydrogen-bond donors (Lipinski definition) is 0. The first-order valence-electron chi connectivity index (χ1n) is 10.9. The van der Waals surface area contributed by atoms with Gasteiger partial charge in [-0.05, 0) is 55.5 Å². The third-order valence-corrected chi connectivity index (χ3v) is 10.2. The van der Waals surface area contributed by atoms with Gasteiger partial charge >= 0.3 is 50.2 Å². The molecule has 6 nitrogen and oxygen atoms in total. The van der Waals surface area contributed by atoms with Gasteiger partial charge < -0.3 is 18.1 Å². The predicted molar refractivity (Wildman–Crippen MR) is 145 cm³/mol. The number of para-hydroxylation sites is 4. The topological polar surface area (TPSA) is 71.1 Å². The summed E-state index contributed by atoms with van der Waals surface area (Å²) in [5.74, 6) is 1.22. The van der Waals surface area contributed by atoms with Crippen LogP contribution in [-0.2, 0) is 25.1 Å². The van der Waals surface area contributed by atoms with Crippen LogP contribution in [0.4, 0.5) is 0 Å². The molecular weight excluding hydrogens is 648 g/mol. The number of benzene rings is 4. The average Bonchev–Trinajstić information content (AvgIpc) is 2.91. The Labute approximate surface area is 233 Å². The SMILES string of the molecule is CC(P(=O)(Oc1ccccc1)Oc1ccccc1)P(=O)(Oc1ccccc1)Oc1ccccc1.[Cl][Pd][Cl]. The maximum absolute atomic E-state index is 14.3. The molecule has 4 rings (SSSR count). The van der Waals surface area contributed by atoms with E-state index >= 15 is 0 Å². The van der Waals surface area contributed by atoms with Crippen molar-refractivity contribution in [2.45, 2.75) is 12.3 Å². The van der Waals surface area contributed by atoms with E-state index in [-0.39, 0.29) is 15.9 Å². The van der Waals surface area contributed by atoms with E-state index in [9.17, 15) is 9.13 Å². The van der Waals surface area contributed by atoms with Crippen LogP contribution in [0.2, 0.25) is 0 Å². The van der Waals surface area contributed by atoms with Crippen molar-refractivity contribution in [3.8, 4) is 23.0 Å². The van der Waals surface area contributed by atoms with E-state index in [2.05, 4.69) is 0 Å². The van der Waals surface area contributed by atoms with Crippen LogP contribution in [0.1, 0.15) is 6.92 Å². The Bertz CT molecular complexity index is 1110. The first kappa shape index (κ1) is 29.3. The monoisotopic (exact) mass is 670 g/mol. The molecule has 0 N–H and O–H groups in total. The van der Waals surface area contributed by atoms with Crippen molar-refractivity contribution in [2.75, 3.05) is 0 Å². The van der Waals surface area contributed by atoms with Gasteiger partial charge in [0.1, 0.15) is 23.0 Å². The van der Waals surface area contributed by atoms with Gasteiger partial charge in [-0.3, -0.25) is 0 Å². The quantitative estimate of drug-likeness (QED) is 0.124. The molecule has 4 aromatic carbocycles. The molecule has 0 fully saturated rings. The Morgan fingerprint density at radius 1 is 0.514 bits per heavy atom. The predicted octanol–water partition coefficient (Wildman–Crippen LogP) is 9.41. The minimum absolute atomic E-state index is 0.106. The van der Waals surface area contributed by atoms with Crippen molar-refractivity contribution < 1.29 is 43.2 Å². The van der Waals surface area contributed by atoms with Crippen LogP contribution in [0.3, 0.4) is 0 Å². The van der Waals surface area contributed by atoms with Gasteiger partial charge in [0.15, 0.2) is 0 Å². The number of hydrogen-bond acceptors (Lipinski definition) is 6. The zero-order chi connectivity index (χ0) is 26.6. The molecule has 0 saturated heterocycles. The standard InChI is InChI=1S/C26H24O6P2.2ClH.Pd/c1-22(33(27,29-23-14-6-2-7-15-23)30-24-16-8-3-9-17-24)34(28,31-25-18-10-4-11-19-25)32-26-20-12-5-13-21-26;;;/h2-22H,1H3;2*1H;/q;;;+2/p-2. The Balaban J connectivity index is 0.00000121. The second-order valence-electron chi connectivity index (χ2n) is 7.37. The Kier molecular flexibility index (Phi) is 11.6. The zero-order valence-electron chi connectivity index (χ0n) is 19.5. The second kappa shape index (κ2) is 14.6. The summed E-state index contributed by atoms with van der Waals surface area (Å²) in [7, 11) is 1.30. The molecule has 0 radical (unpaired) electrons. The minimum atomic E-state index is -4.16. The molecule has 0 aliphatic heterocycles. The zero-order valence-corrected chi connectivity index (χ0v) is 24.4. The third-order valence-electron chi connectivity index (χ3n) is 4.82. The van der Waals surface area contributed by atoms with Crippen LogP contribution in [0.25, 0.3) is 0 Å². The van der Waals surface area contributed by atoms with Gasteiger partial charge in [0.25, 0.3) is 0 Å². The van der Waals surface area contributed by atoms with Crippen LogP contribution < -0.4 is 18.1 Å². The molecule has 4 aromatic rings. The molecule has 0 aromatic heterocycles. The van der Waals surface area contributed by atoms with E-state index in [1.54, 1.807) is 121 Å². The average molecular weight is 672 g/mol. The van der Waals surface area contributed by atoms with Gasteiger partial charge in [-0.1, -0.05) is 72.8 Å². The molecule has 0 atom stereocenters. The van der Waals surface area contributed by atoms with Gasteiger partial charge in [-0.25, -0.2) is 9.13 Å². The molecule has 198 valence electrons. The molecule has 0 aliphatic rings. The molecule has 0 aliphatic carbocycles. The molecule has 37 heavy (non-hydrogen) atoms. The fraction of sp³-hybridized carbons (Fsp3) is 0.0769. The molecular formula is C26H24Cl2O6P2Pd. The van der Waals surface area contributed by atoms with Crippen LogP contribution in [0.15, 0.2) is 121 Å². The van der Waals surface area contributed by atoms with E-state index < -0.39 is 20.6 Å². The van der Waals surface area contributed by atoms with Crippen molar-refractivity contribution in [1.82, 2.24) is 0 Å². The Hall–Kier alpha value is -2.22. The molecule has 0 spiro atoms. The van der Waals surface area contributed by atoms with Crippen molar-refractivity contribution >= 4 is 34.2 Å². The van der Waals surface area contributed by atoms with Gasteiger partial charge in [0, 0.05) is 0 Å². The fourth-order valence-corrected chi connectivity index (χ4v) is 7.33. The summed E-state index contributed by atoms with van der Waals surface area (Å²) in [6.07, 6.45) is 0. The summed E-state index contributed by atoms with van der Waals surface area (Å²) in [6.45, 7) is 1.49. The molecule has 0 unspecified atom stereocenters. The van der Waals surface area contributed by atoms with Gasteiger partial charge in [-0.2, -0.15) is 0 Å². The van der Waals surface area contributed by atoms with Crippen molar-refractivity contribution in [2.24, 2.45) is 0 Å². The van der Waals surface area contributed by atoms with E-state index in [1.807, 2.05) is 0 Å². The van der Waals surface area contributed by atoms with Crippen molar-refractivity contribution in [3.05, 3.63) is 121 Å². The summed E-state index contributed by atoms with van der Waals surface area (Å²) in [6, 6.07) is 34.4. The summed E-state index contributed by atoms with van der Waals surface area (Å²) >= 11 is -0.106. The fourth-order valence-electron chi connectivity index (χ4n) is 3.03. The number of halogens is 2. The van der Waals surface area contributed by atoms with Crippen LogP contribution in [-0.4, -0.2) is 5.40 Å².